The number of rotatable bonds is 8. The Hall–Kier alpha value is -3.31. The van der Waals surface area contributed by atoms with Gasteiger partial charge in [-0.1, -0.05) is 0 Å². The highest BCUT2D eigenvalue weighted by Gasteiger charge is 2.29. The molecule has 4 rings (SSSR count). The van der Waals surface area contributed by atoms with E-state index < -0.39 is 29.9 Å². The summed E-state index contributed by atoms with van der Waals surface area (Å²) in [6.45, 7) is 2.64. The fourth-order valence-corrected chi connectivity index (χ4v) is 3.56. The fourth-order valence-electron chi connectivity index (χ4n) is 3.56. The van der Waals surface area contributed by atoms with E-state index in [0.717, 1.165) is 11.2 Å². The molecule has 4 N–H and O–H groups in total. The Labute approximate surface area is 195 Å². The van der Waals surface area contributed by atoms with E-state index in [2.05, 4.69) is 26.0 Å². The summed E-state index contributed by atoms with van der Waals surface area (Å²) in [5.41, 5.74) is 0.533. The number of anilines is 3. The predicted molar refractivity (Wildman–Crippen MR) is 124 cm³/mol. The number of hydrogen-bond donors (Lipinski definition) is 4. The summed E-state index contributed by atoms with van der Waals surface area (Å²) in [6, 6.07) is 6.63. The van der Waals surface area contributed by atoms with Crippen LogP contribution in [0, 0.1) is 0 Å². The van der Waals surface area contributed by atoms with E-state index in [4.69, 9.17) is 4.74 Å². The normalized spacial score (nSPS) is 19.6. The number of aliphatic hydroxyl groups is 1. The van der Waals surface area contributed by atoms with Crippen LogP contribution in [0.15, 0.2) is 42.9 Å². The van der Waals surface area contributed by atoms with Crippen LogP contribution >= 0.6 is 0 Å². The number of fused-ring (bicyclic) bond motifs is 1. The average Bonchev–Trinajstić information content (AvgIpc) is 3.26. The van der Waals surface area contributed by atoms with E-state index >= 15 is 0 Å². The maximum atomic E-state index is 14.4. The summed E-state index contributed by atoms with van der Waals surface area (Å²) in [5.74, 6) is -0.151. The van der Waals surface area contributed by atoms with Crippen molar-refractivity contribution in [2.45, 2.75) is 44.3 Å². The molecule has 1 aliphatic heterocycles. The second kappa shape index (κ2) is 9.90. The smallest absolute Gasteiger partial charge is 0.255 e. The molecule has 182 valence electrons. The van der Waals surface area contributed by atoms with E-state index in [9.17, 15) is 18.7 Å². The van der Waals surface area contributed by atoms with Crippen molar-refractivity contribution >= 4 is 28.6 Å². The molecule has 3 aromatic heterocycles. The summed E-state index contributed by atoms with van der Waals surface area (Å²) < 4.78 is 35.4. The average molecular weight is 475 g/mol. The first-order chi connectivity index (χ1) is 16.2. The van der Waals surface area contributed by atoms with Crippen LogP contribution in [0.1, 0.15) is 30.6 Å². The van der Waals surface area contributed by atoms with Gasteiger partial charge in [0, 0.05) is 37.0 Å². The van der Waals surface area contributed by atoms with E-state index in [0.29, 0.717) is 24.5 Å². The van der Waals surface area contributed by atoms with E-state index in [1.54, 1.807) is 23.0 Å². The summed E-state index contributed by atoms with van der Waals surface area (Å²) in [5, 5.41) is 22.7. The van der Waals surface area contributed by atoms with Gasteiger partial charge in [-0.3, -0.25) is 4.79 Å². The molecule has 0 radical (unpaired) electrons. The minimum absolute atomic E-state index is 0.0319. The van der Waals surface area contributed by atoms with Crippen molar-refractivity contribution in [3.05, 3.63) is 48.4 Å². The maximum absolute atomic E-state index is 14.4. The van der Waals surface area contributed by atoms with Gasteiger partial charge in [0.15, 0.2) is 0 Å². The van der Waals surface area contributed by atoms with Crippen molar-refractivity contribution < 1.29 is 23.4 Å². The van der Waals surface area contributed by atoms with Crippen LogP contribution in [-0.4, -0.2) is 69.4 Å². The second-order valence-corrected chi connectivity index (χ2v) is 8.82. The van der Waals surface area contributed by atoms with Crippen LogP contribution in [0.3, 0.4) is 0 Å². The van der Waals surface area contributed by atoms with Gasteiger partial charge < -0.3 is 25.8 Å². The zero-order chi connectivity index (χ0) is 24.3. The first-order valence-electron chi connectivity index (χ1n) is 11.0. The lowest BCUT2D eigenvalue weighted by molar-refractivity contribution is -0.00177. The molecule has 3 atom stereocenters. The van der Waals surface area contributed by atoms with Gasteiger partial charge >= 0.3 is 0 Å². The Balaban J connectivity index is 1.57. The maximum Gasteiger partial charge on any atom is 0.255 e. The van der Waals surface area contributed by atoms with Gasteiger partial charge in [0.1, 0.15) is 18.2 Å². The Bertz CT molecular complexity index is 1150. The largest absolute Gasteiger partial charge is 0.387 e. The van der Waals surface area contributed by atoms with Crippen LogP contribution in [0.2, 0.25) is 0 Å². The summed E-state index contributed by atoms with van der Waals surface area (Å²) >= 11 is 0. The SMILES string of the molecule is CC(C)(O)[C@H](F)CNC(=O)c1cnc(Nc2ccn3nccc3c2)cc1NC1CCOCC1F. The van der Waals surface area contributed by atoms with Crippen molar-refractivity contribution in [3.63, 3.8) is 0 Å². The second-order valence-electron chi connectivity index (χ2n) is 8.82. The number of carbonyl (C=O) groups is 1. The van der Waals surface area contributed by atoms with E-state index in [1.807, 2.05) is 18.2 Å². The van der Waals surface area contributed by atoms with Gasteiger partial charge in [0.05, 0.1) is 41.6 Å². The van der Waals surface area contributed by atoms with Crippen molar-refractivity contribution in [1.29, 1.82) is 0 Å². The number of carbonyl (C=O) groups excluding carboxylic acids is 1. The molecule has 11 heteroatoms. The van der Waals surface area contributed by atoms with Crippen molar-refractivity contribution in [3.8, 4) is 0 Å². The van der Waals surface area contributed by atoms with Gasteiger partial charge in [-0.25, -0.2) is 18.3 Å². The van der Waals surface area contributed by atoms with Crippen LogP contribution in [-0.2, 0) is 4.74 Å². The first-order valence-corrected chi connectivity index (χ1v) is 11.0. The van der Waals surface area contributed by atoms with Gasteiger partial charge in [-0.05, 0) is 38.5 Å². The number of halogens is 2. The van der Waals surface area contributed by atoms with Crippen molar-refractivity contribution in [2.24, 2.45) is 0 Å². The standard InChI is InChI=1S/C23H28F2N6O3/c1-23(2,33)20(25)12-27-22(32)16-11-26-21(10-19(16)30-18-5-8-34-13-17(18)24)29-14-4-7-31-15(9-14)3-6-28-31/h3-4,6-7,9-11,17-18,20,33H,5,8,12-13H2,1-2H3,(H,27,32)(H2,26,29,30)/t17?,18?,20-/m1/s1. The molecule has 4 heterocycles. The molecule has 1 fully saturated rings. The summed E-state index contributed by atoms with van der Waals surface area (Å²) in [4.78, 5) is 17.1. The van der Waals surface area contributed by atoms with Crippen molar-refractivity contribution in [2.75, 3.05) is 30.4 Å². The van der Waals surface area contributed by atoms with Crippen LogP contribution in [0.5, 0.6) is 0 Å². The Morgan fingerprint density at radius 3 is 2.97 bits per heavy atom. The van der Waals surface area contributed by atoms with Crippen LogP contribution in [0.4, 0.5) is 26.0 Å². The molecule has 0 aromatic carbocycles. The van der Waals surface area contributed by atoms with Crippen LogP contribution < -0.4 is 16.0 Å². The Morgan fingerprint density at radius 2 is 2.21 bits per heavy atom. The number of ether oxygens (including phenoxy) is 1. The summed E-state index contributed by atoms with van der Waals surface area (Å²) in [7, 11) is 0. The molecule has 34 heavy (non-hydrogen) atoms. The number of pyridine rings is 2. The monoisotopic (exact) mass is 474 g/mol. The molecular formula is C23H28F2N6O3. The third-order valence-electron chi connectivity index (χ3n) is 5.66. The molecule has 3 aromatic rings. The molecular weight excluding hydrogens is 446 g/mol. The number of nitrogens with zero attached hydrogens (tertiary/aromatic N) is 3. The van der Waals surface area contributed by atoms with Crippen LogP contribution in [0.25, 0.3) is 5.52 Å². The lowest BCUT2D eigenvalue weighted by Gasteiger charge is -2.28. The zero-order valence-electron chi connectivity index (χ0n) is 19.0. The summed E-state index contributed by atoms with van der Waals surface area (Å²) in [6.07, 6.45) is 2.35. The van der Waals surface area contributed by atoms with E-state index in [1.165, 1.54) is 20.0 Å². The molecule has 0 aliphatic carbocycles. The van der Waals surface area contributed by atoms with Gasteiger partial charge in [-0.2, -0.15) is 5.10 Å². The number of hydrogen-bond acceptors (Lipinski definition) is 7. The molecule has 1 aliphatic rings. The zero-order valence-corrected chi connectivity index (χ0v) is 19.0. The highest BCUT2D eigenvalue weighted by molar-refractivity contribution is 6.00. The topological polar surface area (TPSA) is 113 Å². The quantitative estimate of drug-likeness (QED) is 0.397. The Morgan fingerprint density at radius 1 is 1.38 bits per heavy atom. The number of amides is 1. The molecule has 0 spiro atoms. The van der Waals surface area contributed by atoms with Crippen molar-refractivity contribution in [1.82, 2.24) is 19.9 Å². The number of nitrogens with one attached hydrogen (secondary N) is 3. The minimum atomic E-state index is -1.66. The fraction of sp³-hybridized carbons (Fsp3) is 0.435. The molecule has 1 amide bonds. The number of aromatic nitrogens is 3. The van der Waals surface area contributed by atoms with Gasteiger partial charge in [-0.15, -0.1) is 0 Å². The minimum Gasteiger partial charge on any atom is -0.387 e. The molecule has 2 unspecified atom stereocenters. The predicted octanol–water partition coefficient (Wildman–Crippen LogP) is 2.85. The molecule has 1 saturated heterocycles. The molecule has 0 bridgehead atoms. The third-order valence-corrected chi connectivity index (χ3v) is 5.66. The first kappa shape index (κ1) is 23.8. The highest BCUT2D eigenvalue weighted by atomic mass is 19.1. The third kappa shape index (κ3) is 5.60. The highest BCUT2D eigenvalue weighted by Crippen LogP contribution is 2.26. The molecule has 0 saturated carbocycles. The number of alkyl halides is 2. The van der Waals surface area contributed by atoms with Gasteiger partial charge in [0.2, 0.25) is 0 Å². The Kier molecular flexibility index (Phi) is 6.94. The van der Waals surface area contributed by atoms with E-state index in [-0.39, 0.29) is 18.7 Å². The molecule has 9 nitrogen and oxygen atoms in total. The lowest BCUT2D eigenvalue weighted by Crippen LogP contribution is -2.42. The lowest BCUT2D eigenvalue weighted by atomic mass is 10.0. The van der Waals surface area contributed by atoms with Gasteiger partial charge in [0.25, 0.3) is 5.91 Å².